The van der Waals surface area contributed by atoms with Gasteiger partial charge in [0.2, 0.25) is 0 Å². The van der Waals surface area contributed by atoms with Gasteiger partial charge >= 0.3 is 0 Å². The highest BCUT2D eigenvalue weighted by molar-refractivity contribution is 7.99. The summed E-state index contributed by atoms with van der Waals surface area (Å²) in [7, 11) is 0. The molecule has 0 atom stereocenters. The van der Waals surface area contributed by atoms with Crippen molar-refractivity contribution in [2.24, 2.45) is 5.73 Å². The Hall–Kier alpha value is -1.32. The molecule has 0 fully saturated rings. The van der Waals surface area contributed by atoms with Crippen molar-refractivity contribution < 1.29 is 4.39 Å². The lowest BCUT2D eigenvalue weighted by Crippen LogP contribution is -2.02. The van der Waals surface area contributed by atoms with Crippen LogP contribution in [-0.2, 0) is 6.42 Å². The molecule has 0 saturated heterocycles. The second kappa shape index (κ2) is 5.84. The molecule has 0 bridgehead atoms. The first-order chi connectivity index (χ1) is 8.28. The van der Waals surface area contributed by atoms with Crippen molar-refractivity contribution in [2.45, 2.75) is 16.2 Å². The number of hydrogen-bond donors (Lipinski definition) is 1. The third kappa shape index (κ3) is 3.58. The van der Waals surface area contributed by atoms with Crippen LogP contribution in [0, 0.1) is 5.82 Å². The van der Waals surface area contributed by atoms with Crippen LogP contribution in [0.1, 0.15) is 5.56 Å². The zero-order valence-corrected chi connectivity index (χ0v) is 10.2. The normalized spacial score (nSPS) is 10.5. The number of hydrogen-bond acceptors (Lipinski definition) is 2. The van der Waals surface area contributed by atoms with Crippen molar-refractivity contribution in [3.8, 4) is 0 Å². The van der Waals surface area contributed by atoms with Crippen molar-refractivity contribution >= 4 is 11.8 Å². The lowest BCUT2D eigenvalue weighted by molar-refractivity contribution is 0.624. The van der Waals surface area contributed by atoms with E-state index in [9.17, 15) is 4.39 Å². The topological polar surface area (TPSA) is 26.0 Å². The minimum absolute atomic E-state index is 0.199. The van der Waals surface area contributed by atoms with Crippen molar-refractivity contribution in [1.29, 1.82) is 0 Å². The second-order valence-electron chi connectivity index (χ2n) is 3.74. The van der Waals surface area contributed by atoms with Crippen molar-refractivity contribution in [1.82, 2.24) is 0 Å². The molecule has 17 heavy (non-hydrogen) atoms. The van der Waals surface area contributed by atoms with Gasteiger partial charge < -0.3 is 5.73 Å². The summed E-state index contributed by atoms with van der Waals surface area (Å²) in [5.74, 6) is -0.199. The molecule has 0 heterocycles. The number of benzene rings is 2. The highest BCUT2D eigenvalue weighted by Crippen LogP contribution is 2.28. The van der Waals surface area contributed by atoms with Crippen molar-refractivity contribution in [2.75, 3.05) is 6.54 Å². The Morgan fingerprint density at radius 1 is 1.00 bits per heavy atom. The Bertz CT molecular complexity index is 482. The smallest absolute Gasteiger partial charge is 0.124 e. The molecule has 0 aliphatic heterocycles. The number of nitrogens with two attached hydrogens (primary N) is 1. The first-order valence-electron chi connectivity index (χ1n) is 5.50. The highest BCUT2D eigenvalue weighted by atomic mass is 32.2. The third-order valence-corrected chi connectivity index (χ3v) is 3.39. The summed E-state index contributed by atoms with van der Waals surface area (Å²) in [6.45, 7) is 0.663. The van der Waals surface area contributed by atoms with E-state index in [1.165, 1.54) is 11.6 Å². The Labute approximate surface area is 105 Å². The summed E-state index contributed by atoms with van der Waals surface area (Å²) in [6.07, 6.45) is 0.894. The molecule has 0 amide bonds. The maximum Gasteiger partial charge on any atom is 0.124 e. The molecule has 0 aromatic heterocycles. The van der Waals surface area contributed by atoms with Crippen molar-refractivity contribution in [3.05, 3.63) is 59.9 Å². The van der Waals surface area contributed by atoms with Crippen LogP contribution >= 0.6 is 11.8 Å². The molecule has 2 aromatic carbocycles. The predicted octanol–water partition coefficient (Wildman–Crippen LogP) is 3.48. The molecule has 0 aliphatic rings. The fourth-order valence-electron chi connectivity index (χ4n) is 1.56. The Morgan fingerprint density at radius 2 is 1.76 bits per heavy atom. The van der Waals surface area contributed by atoms with Gasteiger partial charge in [-0.15, -0.1) is 0 Å². The monoisotopic (exact) mass is 247 g/mol. The van der Waals surface area contributed by atoms with Crippen LogP contribution < -0.4 is 5.73 Å². The van der Waals surface area contributed by atoms with E-state index in [0.717, 1.165) is 16.2 Å². The van der Waals surface area contributed by atoms with Gasteiger partial charge in [0.25, 0.3) is 0 Å². The van der Waals surface area contributed by atoms with E-state index in [2.05, 4.69) is 12.1 Å². The van der Waals surface area contributed by atoms with E-state index in [4.69, 9.17) is 5.73 Å². The number of rotatable bonds is 4. The molecular weight excluding hydrogens is 233 g/mol. The largest absolute Gasteiger partial charge is 0.330 e. The lowest BCUT2D eigenvalue weighted by atomic mass is 10.2. The van der Waals surface area contributed by atoms with Gasteiger partial charge in [-0.05, 0) is 48.9 Å². The lowest BCUT2D eigenvalue weighted by Gasteiger charge is -2.03. The summed E-state index contributed by atoms with van der Waals surface area (Å²) in [6, 6.07) is 14.8. The average Bonchev–Trinajstić information content (AvgIpc) is 2.32. The van der Waals surface area contributed by atoms with Gasteiger partial charge in [-0.1, -0.05) is 30.0 Å². The van der Waals surface area contributed by atoms with E-state index >= 15 is 0 Å². The van der Waals surface area contributed by atoms with Gasteiger partial charge in [0.1, 0.15) is 5.82 Å². The van der Waals surface area contributed by atoms with E-state index in [0.29, 0.717) is 6.54 Å². The standard InChI is InChI=1S/C14H14FNS/c15-12-2-1-3-14(10-12)17-13-6-4-11(5-7-13)8-9-16/h1-7,10H,8-9,16H2. The minimum Gasteiger partial charge on any atom is -0.330 e. The van der Waals surface area contributed by atoms with E-state index < -0.39 is 0 Å². The summed E-state index contributed by atoms with van der Waals surface area (Å²) >= 11 is 1.56. The maximum absolute atomic E-state index is 13.0. The van der Waals surface area contributed by atoms with Crippen LogP contribution in [0.15, 0.2) is 58.3 Å². The first-order valence-corrected chi connectivity index (χ1v) is 6.32. The average molecular weight is 247 g/mol. The highest BCUT2D eigenvalue weighted by Gasteiger charge is 1.99. The minimum atomic E-state index is -0.199. The molecule has 0 unspecified atom stereocenters. The number of halogens is 1. The zero-order chi connectivity index (χ0) is 12.1. The van der Waals surface area contributed by atoms with Crippen LogP contribution in [0.2, 0.25) is 0 Å². The van der Waals surface area contributed by atoms with Crippen LogP contribution in [0.4, 0.5) is 4.39 Å². The molecule has 88 valence electrons. The van der Waals surface area contributed by atoms with Gasteiger partial charge in [0.15, 0.2) is 0 Å². The van der Waals surface area contributed by atoms with Gasteiger partial charge in [-0.25, -0.2) is 4.39 Å². The molecule has 0 radical (unpaired) electrons. The molecule has 0 aliphatic carbocycles. The molecule has 0 saturated carbocycles. The summed E-state index contributed by atoms with van der Waals surface area (Å²) in [4.78, 5) is 2.02. The molecule has 2 N–H and O–H groups in total. The molecule has 1 nitrogen and oxygen atoms in total. The Morgan fingerprint density at radius 3 is 2.41 bits per heavy atom. The molecular formula is C14H14FNS. The molecule has 3 heteroatoms. The summed E-state index contributed by atoms with van der Waals surface area (Å²) in [5.41, 5.74) is 6.72. The van der Waals surface area contributed by atoms with E-state index in [1.807, 2.05) is 18.2 Å². The molecule has 2 rings (SSSR count). The second-order valence-corrected chi connectivity index (χ2v) is 4.89. The zero-order valence-electron chi connectivity index (χ0n) is 9.40. The van der Waals surface area contributed by atoms with Crippen molar-refractivity contribution in [3.63, 3.8) is 0 Å². The van der Waals surface area contributed by atoms with Gasteiger partial charge in [-0.3, -0.25) is 0 Å². The van der Waals surface area contributed by atoms with Crippen LogP contribution in [0.5, 0.6) is 0 Å². The van der Waals surface area contributed by atoms with Crippen LogP contribution in [0.3, 0.4) is 0 Å². The molecule has 2 aromatic rings. The van der Waals surface area contributed by atoms with E-state index in [1.54, 1.807) is 23.9 Å². The SMILES string of the molecule is NCCc1ccc(Sc2cccc(F)c2)cc1. The van der Waals surface area contributed by atoms with Gasteiger partial charge in [-0.2, -0.15) is 0 Å². The fourth-order valence-corrected chi connectivity index (χ4v) is 2.42. The predicted molar refractivity (Wildman–Crippen MR) is 69.7 cm³/mol. The van der Waals surface area contributed by atoms with Gasteiger partial charge in [0, 0.05) is 9.79 Å². The summed E-state index contributed by atoms with van der Waals surface area (Å²) in [5, 5.41) is 0. The fraction of sp³-hybridized carbons (Fsp3) is 0.143. The molecule has 0 spiro atoms. The first kappa shape index (κ1) is 12.1. The van der Waals surface area contributed by atoms with Crippen LogP contribution in [-0.4, -0.2) is 6.54 Å². The van der Waals surface area contributed by atoms with Gasteiger partial charge in [0.05, 0.1) is 0 Å². The van der Waals surface area contributed by atoms with Crippen LogP contribution in [0.25, 0.3) is 0 Å². The van der Waals surface area contributed by atoms with E-state index in [-0.39, 0.29) is 5.82 Å². The maximum atomic E-state index is 13.0. The quantitative estimate of drug-likeness (QED) is 0.895. The summed E-state index contributed by atoms with van der Waals surface area (Å²) < 4.78 is 13.0. The Kier molecular flexibility index (Phi) is 4.18. The third-order valence-electron chi connectivity index (χ3n) is 2.39. The Balaban J connectivity index is 2.08.